The van der Waals surface area contributed by atoms with Crippen molar-refractivity contribution in [3.05, 3.63) is 21.8 Å². The number of halogens is 1. The molecule has 2 aliphatic heterocycles. The van der Waals surface area contributed by atoms with Gasteiger partial charge in [-0.2, -0.15) is 0 Å². The highest BCUT2D eigenvalue weighted by Crippen LogP contribution is 2.41. The Morgan fingerprint density at radius 1 is 1.44 bits per heavy atom. The molecule has 1 N–H and O–H groups in total. The Balaban J connectivity index is 2.04. The summed E-state index contributed by atoms with van der Waals surface area (Å²) >= 11 is 3.51. The van der Waals surface area contributed by atoms with Crippen molar-refractivity contribution >= 4 is 27.6 Å². The largest absolute Gasteiger partial charge is 0.339 e. The standard InChI is InChI=1S/C13H15BrN2O2/c1-8-5-9(14)7-16-11(8)12(18)15-13(16)4-2-3-10(17)6-13/h5H,2-4,6-7H2,1H3,(H,15,18). The second-order valence-corrected chi connectivity index (χ2v) is 6.28. The van der Waals surface area contributed by atoms with Gasteiger partial charge in [0.25, 0.3) is 5.91 Å². The highest BCUT2D eigenvalue weighted by Gasteiger charge is 2.50. The van der Waals surface area contributed by atoms with Crippen molar-refractivity contribution in [1.29, 1.82) is 0 Å². The number of carbonyl (C=O) groups excluding carboxylic acids is 2. The molecule has 1 spiro atoms. The van der Waals surface area contributed by atoms with Gasteiger partial charge >= 0.3 is 0 Å². The first kappa shape index (κ1) is 12.0. The van der Waals surface area contributed by atoms with E-state index in [2.05, 4.69) is 26.1 Å². The van der Waals surface area contributed by atoms with E-state index < -0.39 is 5.66 Å². The summed E-state index contributed by atoms with van der Waals surface area (Å²) in [5.74, 6) is 0.199. The minimum Gasteiger partial charge on any atom is -0.339 e. The molecule has 1 atom stereocenters. The fourth-order valence-corrected chi connectivity index (χ4v) is 3.81. The van der Waals surface area contributed by atoms with Gasteiger partial charge in [0.05, 0.1) is 6.54 Å². The van der Waals surface area contributed by atoms with Crippen LogP contribution in [0.3, 0.4) is 0 Å². The van der Waals surface area contributed by atoms with Crippen LogP contribution in [0, 0.1) is 0 Å². The molecule has 1 unspecified atom stereocenters. The quantitative estimate of drug-likeness (QED) is 0.742. The van der Waals surface area contributed by atoms with Gasteiger partial charge in [-0.15, -0.1) is 0 Å². The second kappa shape index (κ2) is 3.95. The van der Waals surface area contributed by atoms with Gasteiger partial charge in [-0.3, -0.25) is 9.59 Å². The Bertz CT molecular complexity index is 509. The fraction of sp³-hybridized carbons (Fsp3) is 0.538. The van der Waals surface area contributed by atoms with Crippen LogP contribution < -0.4 is 5.32 Å². The molecular formula is C13H15BrN2O2. The lowest BCUT2D eigenvalue weighted by Crippen LogP contribution is -2.55. The summed E-state index contributed by atoms with van der Waals surface area (Å²) in [6, 6.07) is 0. The van der Waals surface area contributed by atoms with Crippen molar-refractivity contribution in [3.63, 3.8) is 0 Å². The van der Waals surface area contributed by atoms with Crippen LogP contribution in [0.5, 0.6) is 0 Å². The maximum atomic E-state index is 12.1. The van der Waals surface area contributed by atoms with Crippen molar-refractivity contribution in [3.8, 4) is 0 Å². The highest BCUT2D eigenvalue weighted by atomic mass is 79.9. The molecule has 3 rings (SSSR count). The fourth-order valence-electron chi connectivity index (χ4n) is 3.21. The summed E-state index contributed by atoms with van der Waals surface area (Å²) in [4.78, 5) is 26.0. The Labute approximate surface area is 114 Å². The first-order valence-electron chi connectivity index (χ1n) is 6.21. The number of hydrogen-bond donors (Lipinski definition) is 1. The smallest absolute Gasteiger partial charge is 0.269 e. The number of allylic oxidation sites excluding steroid dienone is 2. The second-order valence-electron chi connectivity index (χ2n) is 5.26. The molecule has 2 heterocycles. The predicted molar refractivity (Wildman–Crippen MR) is 70.8 cm³/mol. The lowest BCUT2D eigenvalue weighted by molar-refractivity contribution is -0.124. The van der Waals surface area contributed by atoms with E-state index >= 15 is 0 Å². The first-order valence-corrected chi connectivity index (χ1v) is 7.00. The predicted octanol–water partition coefficient (Wildman–Crippen LogP) is 1.82. The molecule has 96 valence electrons. The average molecular weight is 311 g/mol. The monoisotopic (exact) mass is 310 g/mol. The summed E-state index contributed by atoms with van der Waals surface area (Å²) in [5.41, 5.74) is 1.21. The van der Waals surface area contributed by atoms with Crippen LogP contribution in [-0.4, -0.2) is 28.8 Å². The van der Waals surface area contributed by atoms with Gasteiger partial charge in [0.1, 0.15) is 17.1 Å². The molecule has 2 fully saturated rings. The van der Waals surface area contributed by atoms with Crippen LogP contribution in [0.25, 0.3) is 0 Å². The molecule has 18 heavy (non-hydrogen) atoms. The van der Waals surface area contributed by atoms with E-state index in [9.17, 15) is 9.59 Å². The first-order chi connectivity index (χ1) is 8.52. The Hall–Kier alpha value is -1.10. The molecule has 1 saturated carbocycles. The van der Waals surface area contributed by atoms with E-state index in [1.54, 1.807) is 0 Å². The molecule has 1 aliphatic carbocycles. The third kappa shape index (κ3) is 1.64. The molecule has 4 nitrogen and oxygen atoms in total. The average Bonchev–Trinajstić information content (AvgIpc) is 2.51. The zero-order valence-corrected chi connectivity index (χ0v) is 11.8. The van der Waals surface area contributed by atoms with Crippen LogP contribution in [0.4, 0.5) is 0 Å². The van der Waals surface area contributed by atoms with Gasteiger partial charge in [0.2, 0.25) is 0 Å². The summed E-state index contributed by atoms with van der Waals surface area (Å²) in [6.07, 6.45) is 4.75. The zero-order valence-electron chi connectivity index (χ0n) is 10.3. The van der Waals surface area contributed by atoms with Crippen molar-refractivity contribution in [2.75, 3.05) is 6.54 Å². The molecule has 1 saturated heterocycles. The lowest BCUT2D eigenvalue weighted by atomic mass is 9.87. The van der Waals surface area contributed by atoms with Gasteiger partial charge in [0, 0.05) is 17.3 Å². The number of Topliss-reactive ketones (excluding diaryl/α,β-unsaturated/α-hetero) is 1. The normalized spacial score (nSPS) is 31.7. The molecule has 0 aromatic carbocycles. The summed E-state index contributed by atoms with van der Waals surface area (Å²) < 4.78 is 1.05. The minimum absolute atomic E-state index is 0.0431. The number of ketones is 1. The van der Waals surface area contributed by atoms with E-state index in [0.717, 1.165) is 28.6 Å². The third-order valence-corrected chi connectivity index (χ3v) is 4.42. The van der Waals surface area contributed by atoms with Gasteiger partial charge in [0.15, 0.2) is 0 Å². The number of nitrogens with zero attached hydrogens (tertiary/aromatic N) is 1. The van der Waals surface area contributed by atoms with Crippen LogP contribution in [-0.2, 0) is 9.59 Å². The topological polar surface area (TPSA) is 49.4 Å². The van der Waals surface area contributed by atoms with Gasteiger partial charge < -0.3 is 10.2 Å². The summed E-state index contributed by atoms with van der Waals surface area (Å²) in [5, 5.41) is 3.05. The van der Waals surface area contributed by atoms with Crippen LogP contribution in [0.1, 0.15) is 32.6 Å². The van der Waals surface area contributed by atoms with E-state index in [4.69, 9.17) is 0 Å². The summed E-state index contributed by atoms with van der Waals surface area (Å²) in [6.45, 7) is 2.60. The van der Waals surface area contributed by atoms with Crippen LogP contribution in [0.15, 0.2) is 21.8 Å². The van der Waals surface area contributed by atoms with E-state index in [0.29, 0.717) is 19.4 Å². The zero-order chi connectivity index (χ0) is 12.9. The molecule has 3 aliphatic rings. The Kier molecular flexibility index (Phi) is 2.62. The number of hydrogen-bond acceptors (Lipinski definition) is 3. The van der Waals surface area contributed by atoms with Gasteiger partial charge in [-0.05, 0) is 31.4 Å². The van der Waals surface area contributed by atoms with E-state index in [1.807, 2.05) is 13.0 Å². The highest BCUT2D eigenvalue weighted by molar-refractivity contribution is 9.11. The maximum Gasteiger partial charge on any atom is 0.269 e. The molecule has 0 bridgehead atoms. The van der Waals surface area contributed by atoms with Crippen molar-refractivity contribution in [2.24, 2.45) is 0 Å². The molecule has 1 amide bonds. The van der Waals surface area contributed by atoms with Crippen LogP contribution >= 0.6 is 15.9 Å². The van der Waals surface area contributed by atoms with E-state index in [-0.39, 0.29) is 11.7 Å². The van der Waals surface area contributed by atoms with Gasteiger partial charge in [-0.25, -0.2) is 0 Å². The maximum absolute atomic E-state index is 12.1. The molecule has 0 radical (unpaired) electrons. The van der Waals surface area contributed by atoms with Crippen molar-refractivity contribution in [1.82, 2.24) is 10.2 Å². The van der Waals surface area contributed by atoms with Crippen molar-refractivity contribution < 1.29 is 9.59 Å². The molecular weight excluding hydrogens is 296 g/mol. The number of nitrogens with one attached hydrogen (secondary N) is 1. The Morgan fingerprint density at radius 3 is 2.94 bits per heavy atom. The number of fused-ring (bicyclic) bond motifs is 2. The SMILES string of the molecule is CC1=C2C(=O)NC3(CCCC(=O)C3)N2CC(Br)=C1. The Morgan fingerprint density at radius 2 is 2.22 bits per heavy atom. The number of rotatable bonds is 0. The molecule has 0 aromatic rings. The van der Waals surface area contributed by atoms with E-state index in [1.165, 1.54) is 0 Å². The minimum atomic E-state index is -0.476. The molecule has 0 aromatic heterocycles. The van der Waals surface area contributed by atoms with Crippen molar-refractivity contribution in [2.45, 2.75) is 38.3 Å². The van der Waals surface area contributed by atoms with Crippen LogP contribution in [0.2, 0.25) is 0 Å². The van der Waals surface area contributed by atoms with Gasteiger partial charge in [-0.1, -0.05) is 15.9 Å². The molecule has 5 heteroatoms. The number of carbonyl (C=O) groups is 2. The third-order valence-electron chi connectivity index (χ3n) is 3.94. The summed E-state index contributed by atoms with van der Waals surface area (Å²) in [7, 11) is 0. The number of amides is 1. The lowest BCUT2D eigenvalue weighted by Gasteiger charge is -2.42.